The summed E-state index contributed by atoms with van der Waals surface area (Å²) in [5.74, 6) is 2.26. The number of hydrogen-bond donors (Lipinski definition) is 1. The number of ether oxygens (including phenoxy) is 1. The van der Waals surface area contributed by atoms with E-state index in [-0.39, 0.29) is 12.1 Å². The van der Waals surface area contributed by atoms with Crippen LogP contribution in [-0.2, 0) is 4.74 Å². The highest BCUT2D eigenvalue weighted by molar-refractivity contribution is 5.11. The van der Waals surface area contributed by atoms with Crippen LogP contribution in [0.2, 0.25) is 0 Å². The van der Waals surface area contributed by atoms with E-state index < -0.39 is 0 Å². The molecule has 0 aliphatic carbocycles. The number of nitrogens with two attached hydrogens (primary N) is 1. The van der Waals surface area contributed by atoms with Gasteiger partial charge in [0.2, 0.25) is 0 Å². The van der Waals surface area contributed by atoms with Crippen LogP contribution in [0.1, 0.15) is 30.9 Å². The van der Waals surface area contributed by atoms with E-state index in [1.807, 2.05) is 19.1 Å². The fourth-order valence-electron chi connectivity index (χ4n) is 1.97. The normalized spacial score (nSPS) is 29.4. The zero-order valence-electron chi connectivity index (χ0n) is 8.69. The third kappa shape index (κ3) is 1.70. The summed E-state index contributed by atoms with van der Waals surface area (Å²) in [5.41, 5.74) is 6.09. The van der Waals surface area contributed by atoms with E-state index in [1.165, 1.54) is 0 Å². The van der Waals surface area contributed by atoms with Gasteiger partial charge in [-0.3, -0.25) is 0 Å². The fourth-order valence-corrected chi connectivity index (χ4v) is 1.97. The van der Waals surface area contributed by atoms with Gasteiger partial charge in [0.25, 0.3) is 0 Å². The fraction of sp³-hybridized carbons (Fsp3) is 0.636. The lowest BCUT2D eigenvalue weighted by Crippen LogP contribution is -2.29. The van der Waals surface area contributed by atoms with Gasteiger partial charge in [-0.2, -0.15) is 0 Å². The van der Waals surface area contributed by atoms with Gasteiger partial charge < -0.3 is 14.9 Å². The lowest BCUT2D eigenvalue weighted by Gasteiger charge is -2.20. The van der Waals surface area contributed by atoms with Crippen molar-refractivity contribution in [3.05, 3.63) is 23.7 Å². The Kier molecular flexibility index (Phi) is 2.61. The zero-order chi connectivity index (χ0) is 10.1. The first-order valence-corrected chi connectivity index (χ1v) is 5.12. The molecule has 2 heterocycles. The van der Waals surface area contributed by atoms with Crippen LogP contribution in [0.3, 0.4) is 0 Å². The van der Waals surface area contributed by atoms with E-state index in [2.05, 4.69) is 6.92 Å². The van der Waals surface area contributed by atoms with Crippen LogP contribution < -0.4 is 5.73 Å². The lowest BCUT2D eigenvalue weighted by atomic mass is 9.97. The summed E-state index contributed by atoms with van der Waals surface area (Å²) in [6.45, 7) is 4.92. The van der Waals surface area contributed by atoms with E-state index in [0.29, 0.717) is 5.92 Å². The quantitative estimate of drug-likeness (QED) is 0.785. The Hall–Kier alpha value is -0.800. The molecule has 1 aromatic heterocycles. The van der Waals surface area contributed by atoms with Gasteiger partial charge >= 0.3 is 0 Å². The molecule has 0 spiro atoms. The average Bonchev–Trinajstić information content (AvgIpc) is 2.73. The van der Waals surface area contributed by atoms with Gasteiger partial charge in [-0.25, -0.2) is 0 Å². The predicted octanol–water partition coefficient (Wildman–Crippen LogP) is 2.01. The Morgan fingerprint density at radius 2 is 2.29 bits per heavy atom. The summed E-state index contributed by atoms with van der Waals surface area (Å²) in [6.07, 6.45) is 1.21. The van der Waals surface area contributed by atoms with Gasteiger partial charge in [0.1, 0.15) is 11.5 Å². The maximum atomic E-state index is 6.09. The molecule has 1 aliphatic rings. The molecule has 1 aromatic rings. The van der Waals surface area contributed by atoms with Crippen molar-refractivity contribution < 1.29 is 9.15 Å². The molecule has 2 rings (SSSR count). The minimum Gasteiger partial charge on any atom is -0.465 e. The predicted molar refractivity (Wildman–Crippen MR) is 53.9 cm³/mol. The van der Waals surface area contributed by atoms with Crippen molar-refractivity contribution in [2.24, 2.45) is 11.7 Å². The van der Waals surface area contributed by atoms with E-state index in [0.717, 1.165) is 24.5 Å². The number of furan rings is 1. The first-order chi connectivity index (χ1) is 6.68. The Morgan fingerprint density at radius 1 is 1.50 bits per heavy atom. The van der Waals surface area contributed by atoms with Gasteiger partial charge in [-0.1, -0.05) is 6.92 Å². The summed E-state index contributed by atoms with van der Waals surface area (Å²) in [7, 11) is 0. The second kappa shape index (κ2) is 3.75. The van der Waals surface area contributed by atoms with Crippen LogP contribution in [0.15, 0.2) is 16.5 Å². The SMILES string of the molecule is Cc1ccc(C(N)C2OCCC2C)o1. The van der Waals surface area contributed by atoms with Gasteiger partial charge in [0.05, 0.1) is 12.1 Å². The third-order valence-electron chi connectivity index (χ3n) is 2.89. The molecular formula is C11H17NO2. The first-order valence-electron chi connectivity index (χ1n) is 5.12. The summed E-state index contributed by atoms with van der Waals surface area (Å²) in [5, 5.41) is 0. The van der Waals surface area contributed by atoms with Gasteiger partial charge in [0.15, 0.2) is 0 Å². The molecule has 0 amide bonds. The second-order valence-corrected chi connectivity index (χ2v) is 4.08. The minimum absolute atomic E-state index is 0.112. The third-order valence-corrected chi connectivity index (χ3v) is 2.89. The van der Waals surface area contributed by atoms with Crippen molar-refractivity contribution in [3.8, 4) is 0 Å². The molecule has 1 fully saturated rings. The number of aryl methyl sites for hydroxylation is 1. The Balaban J connectivity index is 2.11. The molecule has 0 saturated carbocycles. The van der Waals surface area contributed by atoms with E-state index in [1.54, 1.807) is 0 Å². The summed E-state index contributed by atoms with van der Waals surface area (Å²) < 4.78 is 11.1. The van der Waals surface area contributed by atoms with Crippen molar-refractivity contribution in [3.63, 3.8) is 0 Å². The molecule has 0 aromatic carbocycles. The summed E-state index contributed by atoms with van der Waals surface area (Å²) >= 11 is 0. The number of hydrogen-bond acceptors (Lipinski definition) is 3. The van der Waals surface area contributed by atoms with E-state index in [9.17, 15) is 0 Å². The number of rotatable bonds is 2. The van der Waals surface area contributed by atoms with E-state index >= 15 is 0 Å². The van der Waals surface area contributed by atoms with Crippen molar-refractivity contribution in [2.45, 2.75) is 32.4 Å². The highest BCUT2D eigenvalue weighted by Crippen LogP contribution is 2.30. The van der Waals surface area contributed by atoms with Gasteiger partial charge in [-0.15, -0.1) is 0 Å². The smallest absolute Gasteiger partial charge is 0.123 e. The first kappa shape index (κ1) is 9.74. The molecule has 3 atom stereocenters. The highest BCUT2D eigenvalue weighted by Gasteiger charge is 2.32. The maximum absolute atomic E-state index is 6.09. The van der Waals surface area contributed by atoms with Crippen molar-refractivity contribution in [1.29, 1.82) is 0 Å². The molecule has 3 heteroatoms. The molecule has 2 N–H and O–H groups in total. The lowest BCUT2D eigenvalue weighted by molar-refractivity contribution is 0.0661. The molecule has 1 saturated heterocycles. The zero-order valence-corrected chi connectivity index (χ0v) is 8.69. The van der Waals surface area contributed by atoms with Crippen molar-refractivity contribution in [2.75, 3.05) is 6.61 Å². The topological polar surface area (TPSA) is 48.4 Å². The van der Waals surface area contributed by atoms with Crippen LogP contribution in [0, 0.1) is 12.8 Å². The summed E-state index contributed by atoms with van der Waals surface area (Å²) in [4.78, 5) is 0. The largest absolute Gasteiger partial charge is 0.465 e. The van der Waals surface area contributed by atoms with Gasteiger partial charge in [-0.05, 0) is 31.4 Å². The standard InChI is InChI=1S/C11H17NO2/c1-7-5-6-13-11(7)10(12)9-4-3-8(2)14-9/h3-4,7,10-11H,5-6,12H2,1-2H3. The second-order valence-electron chi connectivity index (χ2n) is 4.08. The molecule has 3 unspecified atom stereocenters. The monoisotopic (exact) mass is 195 g/mol. The Morgan fingerprint density at radius 3 is 2.79 bits per heavy atom. The van der Waals surface area contributed by atoms with Crippen LogP contribution in [0.25, 0.3) is 0 Å². The average molecular weight is 195 g/mol. The summed E-state index contributed by atoms with van der Waals surface area (Å²) in [6, 6.07) is 3.75. The maximum Gasteiger partial charge on any atom is 0.123 e. The highest BCUT2D eigenvalue weighted by atomic mass is 16.5. The molecule has 3 nitrogen and oxygen atoms in total. The molecule has 0 radical (unpaired) electrons. The minimum atomic E-state index is -0.124. The Labute approximate surface area is 84.2 Å². The molecule has 14 heavy (non-hydrogen) atoms. The van der Waals surface area contributed by atoms with Gasteiger partial charge in [0, 0.05) is 6.61 Å². The van der Waals surface area contributed by atoms with Crippen LogP contribution in [0.4, 0.5) is 0 Å². The van der Waals surface area contributed by atoms with Crippen LogP contribution in [0.5, 0.6) is 0 Å². The van der Waals surface area contributed by atoms with E-state index in [4.69, 9.17) is 14.9 Å². The molecule has 1 aliphatic heterocycles. The Bertz CT molecular complexity index is 308. The molecular weight excluding hydrogens is 178 g/mol. The van der Waals surface area contributed by atoms with Crippen molar-refractivity contribution in [1.82, 2.24) is 0 Å². The molecule has 78 valence electrons. The van der Waals surface area contributed by atoms with Crippen molar-refractivity contribution >= 4 is 0 Å². The molecule has 0 bridgehead atoms. The van der Waals surface area contributed by atoms with Crippen LogP contribution in [-0.4, -0.2) is 12.7 Å². The van der Waals surface area contributed by atoms with Crippen LogP contribution >= 0.6 is 0 Å².